The van der Waals surface area contributed by atoms with E-state index in [1.807, 2.05) is 6.07 Å². The van der Waals surface area contributed by atoms with Gasteiger partial charge in [-0.25, -0.2) is 18.7 Å². The molecule has 0 spiro atoms. The van der Waals surface area contributed by atoms with E-state index in [0.29, 0.717) is 11.9 Å². The highest BCUT2D eigenvalue weighted by Gasteiger charge is 2.22. The van der Waals surface area contributed by atoms with Gasteiger partial charge in [-0.3, -0.25) is 9.97 Å². The van der Waals surface area contributed by atoms with Crippen molar-refractivity contribution in [3.8, 4) is 11.4 Å². The molecule has 0 amide bonds. The van der Waals surface area contributed by atoms with Crippen LogP contribution >= 0.6 is 0 Å². The molecular formula is C20H19F2N5. The number of hydrogen-bond acceptors (Lipinski definition) is 5. The van der Waals surface area contributed by atoms with Gasteiger partial charge in [0, 0.05) is 31.7 Å². The largest absolute Gasteiger partial charge is 0.341 e. The molecule has 0 N–H and O–H groups in total. The fraction of sp³-hybridized carbons (Fsp3) is 0.300. The van der Waals surface area contributed by atoms with Gasteiger partial charge in [0.25, 0.3) is 0 Å². The van der Waals surface area contributed by atoms with Crippen LogP contribution < -0.4 is 4.90 Å². The van der Waals surface area contributed by atoms with Crippen LogP contribution in [0, 0.1) is 17.6 Å². The molecule has 4 rings (SSSR count). The van der Waals surface area contributed by atoms with E-state index in [0.717, 1.165) is 49.3 Å². The van der Waals surface area contributed by atoms with Crippen molar-refractivity contribution < 1.29 is 8.78 Å². The van der Waals surface area contributed by atoms with Gasteiger partial charge >= 0.3 is 0 Å². The summed E-state index contributed by atoms with van der Waals surface area (Å²) in [6.45, 7) is 1.66. The number of benzene rings is 1. The van der Waals surface area contributed by atoms with Crippen molar-refractivity contribution in [1.82, 2.24) is 19.9 Å². The predicted molar refractivity (Wildman–Crippen MR) is 98.1 cm³/mol. The van der Waals surface area contributed by atoms with Crippen LogP contribution in [0.1, 0.15) is 18.4 Å². The molecule has 7 heteroatoms. The zero-order valence-electron chi connectivity index (χ0n) is 14.7. The normalized spacial score (nSPS) is 15.1. The van der Waals surface area contributed by atoms with Crippen LogP contribution in [0.3, 0.4) is 0 Å². The highest BCUT2D eigenvalue weighted by atomic mass is 19.2. The highest BCUT2D eigenvalue weighted by Crippen LogP contribution is 2.25. The first-order valence-corrected chi connectivity index (χ1v) is 8.97. The van der Waals surface area contributed by atoms with Gasteiger partial charge < -0.3 is 4.90 Å². The minimum Gasteiger partial charge on any atom is -0.341 e. The van der Waals surface area contributed by atoms with Crippen molar-refractivity contribution in [2.45, 2.75) is 19.3 Å². The fourth-order valence-electron chi connectivity index (χ4n) is 3.41. The molecule has 27 heavy (non-hydrogen) atoms. The smallest absolute Gasteiger partial charge is 0.225 e. The molecular weight excluding hydrogens is 348 g/mol. The summed E-state index contributed by atoms with van der Waals surface area (Å²) in [5.74, 6) is -0.452. The molecule has 0 aliphatic carbocycles. The van der Waals surface area contributed by atoms with Gasteiger partial charge in [0.05, 0.1) is 11.9 Å². The predicted octanol–water partition coefficient (Wildman–Crippen LogP) is 3.67. The minimum absolute atomic E-state index is 0.439. The first-order chi connectivity index (χ1) is 13.2. The van der Waals surface area contributed by atoms with E-state index in [2.05, 4.69) is 24.8 Å². The SMILES string of the molecule is Fc1ccc(CC2CCN(c3nccc(-c4cnccn4)n3)CC2)cc1F. The summed E-state index contributed by atoms with van der Waals surface area (Å²) in [6, 6.07) is 5.99. The van der Waals surface area contributed by atoms with Crippen molar-refractivity contribution in [3.63, 3.8) is 0 Å². The first kappa shape index (κ1) is 17.5. The van der Waals surface area contributed by atoms with Crippen LogP contribution in [0.4, 0.5) is 14.7 Å². The monoisotopic (exact) mass is 367 g/mol. The molecule has 0 saturated carbocycles. The summed E-state index contributed by atoms with van der Waals surface area (Å²) in [5, 5.41) is 0. The van der Waals surface area contributed by atoms with Crippen LogP contribution in [0.2, 0.25) is 0 Å². The average molecular weight is 367 g/mol. The van der Waals surface area contributed by atoms with Gasteiger partial charge in [0.2, 0.25) is 5.95 Å². The molecule has 0 radical (unpaired) electrons. The second-order valence-corrected chi connectivity index (χ2v) is 6.72. The minimum atomic E-state index is -0.797. The number of anilines is 1. The summed E-state index contributed by atoms with van der Waals surface area (Å²) in [4.78, 5) is 19.5. The maximum atomic E-state index is 13.4. The molecule has 3 aromatic rings. The lowest BCUT2D eigenvalue weighted by Crippen LogP contribution is -2.35. The molecule has 138 valence electrons. The van der Waals surface area contributed by atoms with Crippen LogP contribution in [0.25, 0.3) is 11.4 Å². The Morgan fingerprint density at radius 2 is 1.78 bits per heavy atom. The Morgan fingerprint density at radius 1 is 0.926 bits per heavy atom. The Hall–Kier alpha value is -2.96. The van der Waals surface area contributed by atoms with E-state index < -0.39 is 11.6 Å². The first-order valence-electron chi connectivity index (χ1n) is 8.97. The van der Waals surface area contributed by atoms with Crippen LogP contribution in [-0.2, 0) is 6.42 Å². The third-order valence-corrected chi connectivity index (χ3v) is 4.87. The fourth-order valence-corrected chi connectivity index (χ4v) is 3.41. The van der Waals surface area contributed by atoms with Gasteiger partial charge in [0.1, 0.15) is 5.69 Å². The summed E-state index contributed by atoms with van der Waals surface area (Å²) < 4.78 is 26.5. The number of nitrogens with zero attached hydrogens (tertiary/aromatic N) is 5. The third-order valence-electron chi connectivity index (χ3n) is 4.87. The van der Waals surface area contributed by atoms with E-state index >= 15 is 0 Å². The van der Waals surface area contributed by atoms with Crippen molar-refractivity contribution in [3.05, 3.63) is 66.3 Å². The Kier molecular flexibility index (Phi) is 5.00. The summed E-state index contributed by atoms with van der Waals surface area (Å²) >= 11 is 0. The zero-order valence-corrected chi connectivity index (χ0v) is 14.7. The summed E-state index contributed by atoms with van der Waals surface area (Å²) in [6.07, 6.45) is 9.35. The van der Waals surface area contributed by atoms with E-state index in [4.69, 9.17) is 0 Å². The number of halogens is 2. The molecule has 5 nitrogen and oxygen atoms in total. The number of aromatic nitrogens is 4. The Bertz CT molecular complexity index is 911. The molecule has 0 unspecified atom stereocenters. The van der Waals surface area contributed by atoms with Crippen LogP contribution in [0.5, 0.6) is 0 Å². The molecule has 2 aromatic heterocycles. The second-order valence-electron chi connectivity index (χ2n) is 6.72. The quantitative estimate of drug-likeness (QED) is 0.704. The average Bonchev–Trinajstić information content (AvgIpc) is 2.72. The van der Waals surface area contributed by atoms with E-state index in [1.54, 1.807) is 30.9 Å². The molecule has 1 aromatic carbocycles. The summed E-state index contributed by atoms with van der Waals surface area (Å²) in [7, 11) is 0. The van der Waals surface area contributed by atoms with Gasteiger partial charge in [-0.1, -0.05) is 6.07 Å². The van der Waals surface area contributed by atoms with Crippen molar-refractivity contribution >= 4 is 5.95 Å². The lowest BCUT2D eigenvalue weighted by atomic mass is 9.90. The lowest BCUT2D eigenvalue weighted by molar-refractivity contribution is 0.399. The zero-order chi connectivity index (χ0) is 18.6. The Labute approximate surface area is 156 Å². The molecule has 1 aliphatic heterocycles. The third kappa shape index (κ3) is 4.07. The lowest BCUT2D eigenvalue weighted by Gasteiger charge is -2.32. The van der Waals surface area contributed by atoms with Crippen LogP contribution in [0.15, 0.2) is 49.1 Å². The number of rotatable bonds is 4. The van der Waals surface area contributed by atoms with E-state index in [1.165, 1.54) is 12.1 Å². The van der Waals surface area contributed by atoms with Crippen molar-refractivity contribution in [1.29, 1.82) is 0 Å². The van der Waals surface area contributed by atoms with E-state index in [9.17, 15) is 8.78 Å². The maximum absolute atomic E-state index is 13.4. The Balaban J connectivity index is 1.40. The van der Waals surface area contributed by atoms with Gasteiger partial charge in [-0.15, -0.1) is 0 Å². The van der Waals surface area contributed by atoms with Crippen molar-refractivity contribution in [2.24, 2.45) is 5.92 Å². The summed E-state index contributed by atoms with van der Waals surface area (Å²) in [5.41, 5.74) is 2.31. The molecule has 1 fully saturated rings. The topological polar surface area (TPSA) is 54.8 Å². The standard InChI is InChI=1S/C20H19F2N5/c21-16-2-1-15(12-17(16)22)11-14-4-9-27(10-5-14)20-25-6-3-18(26-20)19-13-23-7-8-24-19/h1-3,6-8,12-14H,4-5,9-11H2. The van der Waals surface area contributed by atoms with E-state index in [-0.39, 0.29) is 0 Å². The molecule has 0 atom stereocenters. The molecule has 1 saturated heterocycles. The van der Waals surface area contributed by atoms with Crippen molar-refractivity contribution in [2.75, 3.05) is 18.0 Å². The number of hydrogen-bond donors (Lipinski definition) is 0. The molecule has 0 bridgehead atoms. The molecule has 3 heterocycles. The van der Waals surface area contributed by atoms with Gasteiger partial charge in [0.15, 0.2) is 11.6 Å². The Morgan fingerprint density at radius 3 is 2.52 bits per heavy atom. The highest BCUT2D eigenvalue weighted by molar-refractivity contribution is 5.54. The van der Waals surface area contributed by atoms with Crippen LogP contribution in [-0.4, -0.2) is 33.0 Å². The maximum Gasteiger partial charge on any atom is 0.225 e. The van der Waals surface area contributed by atoms with Gasteiger partial charge in [-0.05, 0) is 48.9 Å². The van der Waals surface area contributed by atoms with Gasteiger partial charge in [-0.2, -0.15) is 0 Å². The molecule has 1 aliphatic rings. The second kappa shape index (κ2) is 7.73. The number of piperidine rings is 1.